The van der Waals surface area contributed by atoms with E-state index in [1.54, 1.807) is 0 Å². The third-order valence-electron chi connectivity index (χ3n) is 2.79. The first-order valence-corrected chi connectivity index (χ1v) is 6.35. The SMILES string of the molecule is CNCc1ccc(OC2CCCOC2)c(Cl)c1. The summed E-state index contributed by atoms with van der Waals surface area (Å²) in [5.74, 6) is 0.752. The zero-order valence-corrected chi connectivity index (χ0v) is 10.8. The van der Waals surface area contributed by atoms with E-state index in [1.165, 1.54) is 0 Å². The first-order chi connectivity index (χ1) is 8.29. The second kappa shape index (κ2) is 6.24. The molecule has 94 valence electrons. The summed E-state index contributed by atoms with van der Waals surface area (Å²) in [7, 11) is 1.91. The van der Waals surface area contributed by atoms with Crippen LogP contribution in [0.1, 0.15) is 18.4 Å². The lowest BCUT2D eigenvalue weighted by Gasteiger charge is -2.23. The van der Waals surface area contributed by atoms with Crippen molar-refractivity contribution in [1.82, 2.24) is 5.32 Å². The van der Waals surface area contributed by atoms with Crippen LogP contribution in [0.5, 0.6) is 5.75 Å². The highest BCUT2D eigenvalue weighted by atomic mass is 35.5. The summed E-state index contributed by atoms with van der Waals surface area (Å²) in [5, 5.41) is 3.76. The Morgan fingerprint density at radius 2 is 2.41 bits per heavy atom. The van der Waals surface area contributed by atoms with Crippen LogP contribution in [-0.4, -0.2) is 26.4 Å². The highest BCUT2D eigenvalue weighted by molar-refractivity contribution is 6.32. The molecule has 0 aromatic heterocycles. The molecule has 1 aromatic rings. The molecule has 1 aliphatic rings. The van der Waals surface area contributed by atoms with Gasteiger partial charge in [0.15, 0.2) is 0 Å². The van der Waals surface area contributed by atoms with E-state index in [4.69, 9.17) is 21.1 Å². The van der Waals surface area contributed by atoms with Gasteiger partial charge in [-0.25, -0.2) is 0 Å². The van der Waals surface area contributed by atoms with Crippen molar-refractivity contribution in [3.05, 3.63) is 28.8 Å². The van der Waals surface area contributed by atoms with Gasteiger partial charge in [0.05, 0.1) is 11.6 Å². The molecular weight excluding hydrogens is 238 g/mol. The third-order valence-corrected chi connectivity index (χ3v) is 3.08. The topological polar surface area (TPSA) is 30.5 Å². The van der Waals surface area contributed by atoms with Gasteiger partial charge in [-0.15, -0.1) is 0 Å². The Hall–Kier alpha value is -0.770. The van der Waals surface area contributed by atoms with Crippen molar-refractivity contribution in [2.24, 2.45) is 0 Å². The largest absolute Gasteiger partial charge is 0.486 e. The van der Waals surface area contributed by atoms with Crippen molar-refractivity contribution in [3.8, 4) is 5.75 Å². The van der Waals surface area contributed by atoms with Crippen LogP contribution in [0.25, 0.3) is 0 Å². The Morgan fingerprint density at radius 3 is 3.06 bits per heavy atom. The van der Waals surface area contributed by atoms with Crippen molar-refractivity contribution < 1.29 is 9.47 Å². The number of hydrogen-bond acceptors (Lipinski definition) is 3. The molecule has 1 saturated heterocycles. The van der Waals surface area contributed by atoms with Gasteiger partial charge >= 0.3 is 0 Å². The van der Waals surface area contributed by atoms with Crippen molar-refractivity contribution in [3.63, 3.8) is 0 Å². The monoisotopic (exact) mass is 255 g/mol. The summed E-state index contributed by atoms with van der Waals surface area (Å²) in [5.41, 5.74) is 1.16. The van der Waals surface area contributed by atoms with Gasteiger partial charge in [0.1, 0.15) is 11.9 Å². The van der Waals surface area contributed by atoms with Gasteiger partial charge in [0.25, 0.3) is 0 Å². The van der Waals surface area contributed by atoms with Crippen molar-refractivity contribution in [2.45, 2.75) is 25.5 Å². The fourth-order valence-corrected chi connectivity index (χ4v) is 2.19. The van der Waals surface area contributed by atoms with Gasteiger partial charge in [0, 0.05) is 13.2 Å². The van der Waals surface area contributed by atoms with E-state index < -0.39 is 0 Å². The minimum absolute atomic E-state index is 0.136. The van der Waals surface area contributed by atoms with Crippen molar-refractivity contribution >= 4 is 11.6 Å². The molecule has 1 fully saturated rings. The molecule has 17 heavy (non-hydrogen) atoms. The van der Waals surface area contributed by atoms with Crippen LogP contribution in [0.2, 0.25) is 5.02 Å². The van der Waals surface area contributed by atoms with E-state index in [1.807, 2.05) is 25.2 Å². The van der Waals surface area contributed by atoms with E-state index in [-0.39, 0.29) is 6.10 Å². The normalized spacial score (nSPS) is 20.2. The zero-order chi connectivity index (χ0) is 12.1. The molecule has 0 radical (unpaired) electrons. The molecule has 1 atom stereocenters. The van der Waals surface area contributed by atoms with Gasteiger partial charge in [-0.05, 0) is 37.6 Å². The van der Waals surface area contributed by atoms with E-state index in [9.17, 15) is 0 Å². The molecular formula is C13H18ClNO2. The number of halogens is 1. The minimum atomic E-state index is 0.136. The van der Waals surface area contributed by atoms with E-state index in [0.29, 0.717) is 11.6 Å². The standard InChI is InChI=1S/C13H18ClNO2/c1-15-8-10-4-5-13(12(14)7-10)17-11-3-2-6-16-9-11/h4-5,7,11,15H,2-3,6,8-9H2,1H3. The maximum Gasteiger partial charge on any atom is 0.138 e. The quantitative estimate of drug-likeness (QED) is 0.897. The molecule has 1 aromatic carbocycles. The maximum absolute atomic E-state index is 6.19. The molecule has 0 amide bonds. The predicted molar refractivity (Wildman–Crippen MR) is 68.7 cm³/mol. The zero-order valence-electron chi connectivity index (χ0n) is 10.0. The fraction of sp³-hybridized carbons (Fsp3) is 0.538. The lowest BCUT2D eigenvalue weighted by Crippen LogP contribution is -2.28. The van der Waals surface area contributed by atoms with E-state index >= 15 is 0 Å². The highest BCUT2D eigenvalue weighted by Crippen LogP contribution is 2.27. The molecule has 1 heterocycles. The van der Waals surface area contributed by atoms with Crippen LogP contribution in [0.3, 0.4) is 0 Å². The molecule has 0 saturated carbocycles. The molecule has 1 N–H and O–H groups in total. The maximum atomic E-state index is 6.19. The highest BCUT2D eigenvalue weighted by Gasteiger charge is 2.16. The lowest BCUT2D eigenvalue weighted by atomic mass is 10.1. The minimum Gasteiger partial charge on any atom is -0.486 e. The average molecular weight is 256 g/mol. The molecule has 2 rings (SSSR count). The summed E-state index contributed by atoms with van der Waals surface area (Å²) in [6.07, 6.45) is 2.23. The number of benzene rings is 1. The Morgan fingerprint density at radius 1 is 1.53 bits per heavy atom. The fourth-order valence-electron chi connectivity index (χ4n) is 1.94. The Labute approximate surface area is 107 Å². The second-order valence-corrected chi connectivity index (χ2v) is 4.66. The average Bonchev–Trinajstić information content (AvgIpc) is 2.34. The van der Waals surface area contributed by atoms with Crippen molar-refractivity contribution in [2.75, 3.05) is 20.3 Å². The van der Waals surface area contributed by atoms with Crippen LogP contribution in [-0.2, 0) is 11.3 Å². The summed E-state index contributed by atoms with van der Waals surface area (Å²) in [6.45, 7) is 2.32. The van der Waals surface area contributed by atoms with Gasteiger partial charge in [-0.2, -0.15) is 0 Å². The number of nitrogens with one attached hydrogen (secondary N) is 1. The molecule has 1 unspecified atom stereocenters. The molecule has 1 aliphatic heterocycles. The Bertz CT molecular complexity index is 364. The molecule has 0 bridgehead atoms. The number of ether oxygens (including phenoxy) is 2. The van der Waals surface area contributed by atoms with Gasteiger partial charge in [0.2, 0.25) is 0 Å². The van der Waals surface area contributed by atoms with Gasteiger partial charge in [-0.3, -0.25) is 0 Å². The predicted octanol–water partition coefficient (Wildman–Crippen LogP) is 2.62. The van der Waals surface area contributed by atoms with Gasteiger partial charge < -0.3 is 14.8 Å². The summed E-state index contributed by atoms with van der Waals surface area (Å²) in [4.78, 5) is 0. The van der Waals surface area contributed by atoms with Crippen LogP contribution >= 0.6 is 11.6 Å². The summed E-state index contributed by atoms with van der Waals surface area (Å²) >= 11 is 6.19. The molecule has 3 nitrogen and oxygen atoms in total. The summed E-state index contributed by atoms with van der Waals surface area (Å²) in [6, 6.07) is 5.90. The molecule has 4 heteroatoms. The van der Waals surface area contributed by atoms with Crippen LogP contribution < -0.4 is 10.1 Å². The van der Waals surface area contributed by atoms with E-state index in [0.717, 1.165) is 37.3 Å². The van der Waals surface area contributed by atoms with Crippen LogP contribution in [0.4, 0.5) is 0 Å². The van der Waals surface area contributed by atoms with Crippen LogP contribution in [0.15, 0.2) is 18.2 Å². The van der Waals surface area contributed by atoms with Crippen LogP contribution in [0, 0.1) is 0 Å². The Kier molecular flexibility index (Phi) is 4.66. The molecule has 0 aliphatic carbocycles. The molecule has 0 spiro atoms. The first kappa shape index (κ1) is 12.7. The smallest absolute Gasteiger partial charge is 0.138 e. The summed E-state index contributed by atoms with van der Waals surface area (Å²) < 4.78 is 11.2. The first-order valence-electron chi connectivity index (χ1n) is 5.97. The lowest BCUT2D eigenvalue weighted by molar-refractivity contribution is 0.00747. The second-order valence-electron chi connectivity index (χ2n) is 4.25. The Balaban J connectivity index is 2.00. The third kappa shape index (κ3) is 3.60. The van der Waals surface area contributed by atoms with E-state index in [2.05, 4.69) is 5.32 Å². The van der Waals surface area contributed by atoms with Gasteiger partial charge in [-0.1, -0.05) is 17.7 Å². The van der Waals surface area contributed by atoms with Crippen molar-refractivity contribution in [1.29, 1.82) is 0 Å². The number of hydrogen-bond donors (Lipinski definition) is 1. The number of rotatable bonds is 4.